The molecule has 2 rings (SSSR count). The van der Waals surface area contributed by atoms with Gasteiger partial charge in [-0.1, -0.05) is 0 Å². The lowest BCUT2D eigenvalue weighted by atomic mass is 10.2. The number of non-ortho nitro benzene ring substituents is 1. The molecule has 8 nitrogen and oxygen atoms in total. The Labute approximate surface area is 117 Å². The van der Waals surface area contributed by atoms with Gasteiger partial charge in [0.05, 0.1) is 23.8 Å². The van der Waals surface area contributed by atoms with Crippen molar-refractivity contribution in [2.75, 3.05) is 18.2 Å². The number of hydrogen-bond acceptors (Lipinski definition) is 7. The zero-order valence-electron chi connectivity index (χ0n) is 10.3. The van der Waals surface area contributed by atoms with Crippen LogP contribution in [0.3, 0.4) is 0 Å². The number of nitrogen functional groups attached to an aromatic ring is 1. The van der Waals surface area contributed by atoms with E-state index in [2.05, 4.69) is 10.3 Å². The van der Waals surface area contributed by atoms with E-state index < -0.39 is 10.8 Å². The van der Waals surface area contributed by atoms with Crippen LogP contribution in [0.15, 0.2) is 23.6 Å². The number of rotatable bonds is 4. The first-order valence-corrected chi connectivity index (χ1v) is 6.24. The van der Waals surface area contributed by atoms with Gasteiger partial charge in [0.2, 0.25) is 0 Å². The molecule has 0 spiro atoms. The highest BCUT2D eigenvalue weighted by Crippen LogP contribution is 2.29. The van der Waals surface area contributed by atoms with Gasteiger partial charge in [-0.2, -0.15) is 0 Å². The Bertz CT molecular complexity index is 670. The lowest BCUT2D eigenvalue weighted by Gasteiger charge is -2.08. The first-order chi connectivity index (χ1) is 9.51. The van der Waals surface area contributed by atoms with Crippen molar-refractivity contribution in [2.45, 2.75) is 0 Å². The Morgan fingerprint density at radius 1 is 1.55 bits per heavy atom. The van der Waals surface area contributed by atoms with Crippen LogP contribution in [0.4, 0.5) is 16.5 Å². The average Bonchev–Trinajstić information content (AvgIpc) is 2.85. The molecule has 9 heteroatoms. The summed E-state index contributed by atoms with van der Waals surface area (Å²) >= 11 is 1.14. The van der Waals surface area contributed by atoms with Crippen LogP contribution < -0.4 is 15.8 Å². The lowest BCUT2D eigenvalue weighted by molar-refractivity contribution is -0.384. The zero-order chi connectivity index (χ0) is 14.7. The number of nitro groups is 1. The van der Waals surface area contributed by atoms with Gasteiger partial charge in [0, 0.05) is 11.4 Å². The van der Waals surface area contributed by atoms with Crippen LogP contribution in [0.5, 0.6) is 5.75 Å². The van der Waals surface area contributed by atoms with Gasteiger partial charge in [-0.05, 0) is 6.07 Å². The average molecular weight is 294 g/mol. The Hall–Kier alpha value is -2.68. The Balaban J connectivity index is 2.25. The van der Waals surface area contributed by atoms with E-state index in [4.69, 9.17) is 10.5 Å². The molecule has 0 saturated carbocycles. The number of benzene rings is 1. The van der Waals surface area contributed by atoms with Crippen molar-refractivity contribution in [1.29, 1.82) is 0 Å². The Morgan fingerprint density at radius 2 is 2.30 bits per heavy atom. The number of carbonyl (C=O) groups excluding carboxylic acids is 1. The summed E-state index contributed by atoms with van der Waals surface area (Å²) in [6.07, 6.45) is 0. The van der Waals surface area contributed by atoms with E-state index >= 15 is 0 Å². The van der Waals surface area contributed by atoms with E-state index in [0.29, 0.717) is 5.69 Å². The van der Waals surface area contributed by atoms with Crippen molar-refractivity contribution in [3.8, 4) is 5.75 Å². The number of nitrogens with one attached hydrogen (secondary N) is 1. The molecule has 2 aromatic rings. The summed E-state index contributed by atoms with van der Waals surface area (Å²) in [4.78, 5) is 25.9. The van der Waals surface area contributed by atoms with Crippen LogP contribution in [0.25, 0.3) is 0 Å². The molecule has 1 aromatic carbocycles. The van der Waals surface area contributed by atoms with E-state index in [1.165, 1.54) is 30.7 Å². The maximum Gasteiger partial charge on any atom is 0.275 e. The first kappa shape index (κ1) is 13.7. The van der Waals surface area contributed by atoms with Crippen LogP contribution in [-0.4, -0.2) is 22.9 Å². The molecule has 1 aromatic heterocycles. The molecule has 104 valence electrons. The topological polar surface area (TPSA) is 120 Å². The molecule has 1 amide bonds. The van der Waals surface area contributed by atoms with Crippen molar-refractivity contribution < 1.29 is 14.5 Å². The highest BCUT2D eigenvalue weighted by molar-refractivity contribution is 7.13. The molecule has 0 atom stereocenters. The fraction of sp³-hybridized carbons (Fsp3) is 0.0909. The van der Waals surface area contributed by atoms with Crippen LogP contribution in [0, 0.1) is 10.1 Å². The number of nitrogens with two attached hydrogens (primary N) is 1. The fourth-order valence-electron chi connectivity index (χ4n) is 1.47. The van der Waals surface area contributed by atoms with E-state index in [0.717, 1.165) is 11.3 Å². The third kappa shape index (κ3) is 2.83. The number of nitrogens with zero attached hydrogens (tertiary/aromatic N) is 2. The maximum atomic E-state index is 11.9. The number of hydrogen-bond donors (Lipinski definition) is 2. The molecule has 0 fully saturated rings. The fourth-order valence-corrected chi connectivity index (χ4v) is 2.02. The number of methoxy groups -OCH3 is 1. The normalized spacial score (nSPS) is 10.1. The van der Waals surface area contributed by atoms with Gasteiger partial charge in [-0.15, -0.1) is 11.3 Å². The molecule has 0 unspecified atom stereocenters. The van der Waals surface area contributed by atoms with Gasteiger partial charge in [0.25, 0.3) is 11.6 Å². The SMILES string of the molecule is COc1cc([N+](=O)[O-])ccc1NC(=O)c1csc(N)n1. The molecule has 20 heavy (non-hydrogen) atoms. The number of carbonyl (C=O) groups is 1. The molecule has 1 heterocycles. The van der Waals surface area contributed by atoms with E-state index in [1.54, 1.807) is 0 Å². The minimum atomic E-state index is -0.546. The second kappa shape index (κ2) is 5.53. The van der Waals surface area contributed by atoms with Crippen molar-refractivity contribution in [2.24, 2.45) is 0 Å². The van der Waals surface area contributed by atoms with Crippen LogP contribution in [0.2, 0.25) is 0 Å². The van der Waals surface area contributed by atoms with Gasteiger partial charge < -0.3 is 15.8 Å². The largest absolute Gasteiger partial charge is 0.494 e. The molecular weight excluding hydrogens is 284 g/mol. The van der Waals surface area contributed by atoms with Gasteiger partial charge in [0.15, 0.2) is 5.13 Å². The molecule has 0 radical (unpaired) electrons. The third-order valence-electron chi connectivity index (χ3n) is 2.40. The van der Waals surface area contributed by atoms with E-state index in [1.807, 2.05) is 0 Å². The summed E-state index contributed by atoms with van der Waals surface area (Å²) in [7, 11) is 1.36. The number of ether oxygens (including phenoxy) is 1. The number of aromatic nitrogens is 1. The number of amides is 1. The molecule has 0 aliphatic carbocycles. The molecular formula is C11H10N4O4S. The van der Waals surface area contributed by atoms with Crippen LogP contribution >= 0.6 is 11.3 Å². The summed E-state index contributed by atoms with van der Waals surface area (Å²) in [6, 6.07) is 3.89. The second-order valence-electron chi connectivity index (χ2n) is 3.67. The quantitative estimate of drug-likeness (QED) is 0.656. The van der Waals surface area contributed by atoms with E-state index in [9.17, 15) is 14.9 Å². The predicted molar refractivity (Wildman–Crippen MR) is 74.1 cm³/mol. The zero-order valence-corrected chi connectivity index (χ0v) is 11.1. The van der Waals surface area contributed by atoms with Crippen molar-refractivity contribution in [3.05, 3.63) is 39.4 Å². The second-order valence-corrected chi connectivity index (χ2v) is 4.56. The molecule has 3 N–H and O–H groups in total. The maximum absolute atomic E-state index is 11.9. The van der Waals surface area contributed by atoms with Crippen molar-refractivity contribution in [3.63, 3.8) is 0 Å². The van der Waals surface area contributed by atoms with Gasteiger partial charge in [-0.3, -0.25) is 14.9 Å². The standard InChI is InChI=1S/C11H10N4O4S/c1-19-9-4-6(15(17)18)2-3-7(9)13-10(16)8-5-20-11(12)14-8/h2-5H,1H3,(H2,12,14)(H,13,16). The summed E-state index contributed by atoms with van der Waals surface area (Å²) in [5, 5.41) is 15.0. The number of anilines is 2. The molecule has 0 bridgehead atoms. The minimum absolute atomic E-state index is 0.127. The summed E-state index contributed by atoms with van der Waals surface area (Å²) in [5.41, 5.74) is 5.81. The van der Waals surface area contributed by atoms with Gasteiger partial charge in [-0.25, -0.2) is 4.98 Å². The van der Waals surface area contributed by atoms with Crippen molar-refractivity contribution >= 4 is 33.8 Å². The minimum Gasteiger partial charge on any atom is -0.494 e. The van der Waals surface area contributed by atoms with Crippen molar-refractivity contribution in [1.82, 2.24) is 4.98 Å². The van der Waals surface area contributed by atoms with Crippen LogP contribution in [0.1, 0.15) is 10.5 Å². The smallest absolute Gasteiger partial charge is 0.275 e. The monoisotopic (exact) mass is 294 g/mol. The third-order valence-corrected chi connectivity index (χ3v) is 3.07. The Morgan fingerprint density at radius 3 is 2.85 bits per heavy atom. The van der Waals surface area contributed by atoms with Gasteiger partial charge >= 0.3 is 0 Å². The van der Waals surface area contributed by atoms with E-state index in [-0.39, 0.29) is 22.3 Å². The summed E-state index contributed by atoms with van der Waals surface area (Å²) in [6.45, 7) is 0. The first-order valence-electron chi connectivity index (χ1n) is 5.36. The highest BCUT2D eigenvalue weighted by atomic mass is 32.1. The molecule has 0 aliphatic rings. The summed E-state index contributed by atoms with van der Waals surface area (Å²) < 4.78 is 5.02. The number of thiazole rings is 1. The van der Waals surface area contributed by atoms with Gasteiger partial charge in [0.1, 0.15) is 11.4 Å². The Kier molecular flexibility index (Phi) is 3.80. The molecule has 0 aliphatic heterocycles. The summed E-state index contributed by atoms with van der Waals surface area (Å²) in [5.74, 6) is -0.277. The highest BCUT2D eigenvalue weighted by Gasteiger charge is 2.15. The predicted octanol–water partition coefficient (Wildman–Crippen LogP) is 1.89. The number of nitro benzene ring substituents is 1. The molecule has 0 saturated heterocycles. The van der Waals surface area contributed by atoms with Crippen LogP contribution in [-0.2, 0) is 0 Å². The lowest BCUT2D eigenvalue weighted by Crippen LogP contribution is -2.13.